The highest BCUT2D eigenvalue weighted by Crippen LogP contribution is 2.29. The van der Waals surface area contributed by atoms with Gasteiger partial charge < -0.3 is 24.3 Å². The van der Waals surface area contributed by atoms with Gasteiger partial charge in [0, 0.05) is 26.5 Å². The lowest BCUT2D eigenvalue weighted by Crippen LogP contribution is -2.50. The number of methoxy groups -OCH3 is 1. The predicted molar refractivity (Wildman–Crippen MR) is 132 cm³/mol. The zero-order chi connectivity index (χ0) is 25.3. The van der Waals surface area contributed by atoms with Crippen LogP contribution in [0.1, 0.15) is 67.2 Å². The van der Waals surface area contributed by atoms with Gasteiger partial charge in [-0.3, -0.25) is 9.59 Å². The predicted octanol–water partition coefficient (Wildman–Crippen LogP) is 4.27. The standard InChI is InChI=1S/C27H43NO6/c1-18(8-11-23-17-27(6,31-7)14-15-32-23)9-12-25-19(2)16-24(21(4)34-25)28-26(30)13-10-20(3)33-22(5)29/h8-11,13,19-21,23-25H,12,14-17H2,1-7H3,(H,28,30)/b11-8+,13-10-,18-9+/t19?,20?,21?,23-,24?,25+,27?/m1/s1. The summed E-state index contributed by atoms with van der Waals surface area (Å²) in [6, 6.07) is -0.0593. The highest BCUT2D eigenvalue weighted by atomic mass is 16.5. The number of rotatable bonds is 9. The van der Waals surface area contributed by atoms with Gasteiger partial charge in [0.05, 0.1) is 36.6 Å². The maximum Gasteiger partial charge on any atom is 0.303 e. The minimum atomic E-state index is -0.440. The smallest absolute Gasteiger partial charge is 0.303 e. The number of nitrogens with one attached hydrogen (secondary N) is 1. The molecule has 0 spiro atoms. The van der Waals surface area contributed by atoms with Crippen LogP contribution in [0, 0.1) is 5.92 Å². The Morgan fingerprint density at radius 1 is 1.24 bits per heavy atom. The van der Waals surface area contributed by atoms with E-state index in [0.29, 0.717) is 12.5 Å². The zero-order valence-corrected chi connectivity index (χ0v) is 21.8. The van der Waals surface area contributed by atoms with E-state index in [-0.39, 0.29) is 41.8 Å². The number of carbonyl (C=O) groups excluding carboxylic acids is 2. The molecule has 0 radical (unpaired) electrons. The van der Waals surface area contributed by atoms with E-state index < -0.39 is 6.10 Å². The molecule has 1 amide bonds. The van der Waals surface area contributed by atoms with Crippen molar-refractivity contribution in [3.8, 4) is 0 Å². The SMILES string of the molecule is COC1(C)CCO[C@H](/C=C/C(C)=C/C[C@@H]2OC(C)C(NC(=O)/C=C\C(C)OC(C)=O)CC2C)C1. The molecular formula is C27H43NO6. The molecule has 7 heteroatoms. The van der Waals surface area contributed by atoms with Crippen molar-refractivity contribution in [2.24, 2.45) is 5.92 Å². The first-order valence-corrected chi connectivity index (χ1v) is 12.3. The van der Waals surface area contributed by atoms with Gasteiger partial charge in [-0.25, -0.2) is 0 Å². The van der Waals surface area contributed by atoms with Crippen molar-refractivity contribution in [1.29, 1.82) is 0 Å². The normalized spacial score (nSPS) is 33.7. The average molecular weight is 478 g/mol. The van der Waals surface area contributed by atoms with Gasteiger partial charge in [-0.2, -0.15) is 0 Å². The molecule has 2 saturated heterocycles. The fourth-order valence-electron chi connectivity index (χ4n) is 4.42. The van der Waals surface area contributed by atoms with E-state index in [2.05, 4.69) is 44.3 Å². The Balaban J connectivity index is 1.82. The van der Waals surface area contributed by atoms with Crippen molar-refractivity contribution >= 4 is 11.9 Å². The van der Waals surface area contributed by atoms with Crippen LogP contribution in [0.5, 0.6) is 0 Å². The molecule has 0 aliphatic carbocycles. The van der Waals surface area contributed by atoms with Crippen LogP contribution in [-0.4, -0.2) is 61.7 Å². The van der Waals surface area contributed by atoms with Crippen LogP contribution in [-0.2, 0) is 28.5 Å². The summed E-state index contributed by atoms with van der Waals surface area (Å²) in [5.74, 6) is -0.272. The van der Waals surface area contributed by atoms with E-state index in [9.17, 15) is 9.59 Å². The van der Waals surface area contributed by atoms with Crippen molar-refractivity contribution in [3.05, 3.63) is 36.0 Å². The van der Waals surface area contributed by atoms with Gasteiger partial charge in [-0.05, 0) is 59.0 Å². The number of esters is 1. The number of ether oxygens (including phenoxy) is 4. The lowest BCUT2D eigenvalue weighted by molar-refractivity contribution is -0.143. The van der Waals surface area contributed by atoms with Crippen LogP contribution in [0.4, 0.5) is 0 Å². The first-order chi connectivity index (χ1) is 16.0. The molecule has 192 valence electrons. The summed E-state index contributed by atoms with van der Waals surface area (Å²) in [5.41, 5.74) is 1.06. The van der Waals surface area contributed by atoms with Gasteiger partial charge >= 0.3 is 5.97 Å². The number of hydrogen-bond acceptors (Lipinski definition) is 6. The minimum absolute atomic E-state index is 0.0593. The van der Waals surface area contributed by atoms with Gasteiger partial charge in [0.2, 0.25) is 5.91 Å². The molecule has 7 atom stereocenters. The van der Waals surface area contributed by atoms with E-state index in [1.54, 1.807) is 20.1 Å². The molecule has 2 rings (SSSR count). The maximum atomic E-state index is 12.3. The van der Waals surface area contributed by atoms with Crippen LogP contribution >= 0.6 is 0 Å². The van der Waals surface area contributed by atoms with E-state index in [4.69, 9.17) is 18.9 Å². The topological polar surface area (TPSA) is 83.1 Å². The first-order valence-electron chi connectivity index (χ1n) is 12.3. The Hall–Kier alpha value is -1.96. The number of hydrogen-bond donors (Lipinski definition) is 1. The van der Waals surface area contributed by atoms with E-state index in [1.165, 1.54) is 18.6 Å². The molecule has 0 aromatic rings. The minimum Gasteiger partial charge on any atom is -0.459 e. The molecule has 2 heterocycles. The fraction of sp³-hybridized carbons (Fsp3) is 0.704. The molecule has 0 aromatic heterocycles. The molecule has 0 saturated carbocycles. The van der Waals surface area contributed by atoms with Crippen molar-refractivity contribution in [1.82, 2.24) is 5.32 Å². The summed E-state index contributed by atoms with van der Waals surface area (Å²) in [5, 5.41) is 3.02. The fourth-order valence-corrected chi connectivity index (χ4v) is 4.42. The molecule has 2 fully saturated rings. The Labute approximate surface area is 204 Å². The molecule has 34 heavy (non-hydrogen) atoms. The van der Waals surface area contributed by atoms with Crippen LogP contribution in [0.15, 0.2) is 36.0 Å². The summed E-state index contributed by atoms with van der Waals surface area (Å²) in [7, 11) is 1.77. The molecule has 2 aliphatic rings. The largest absolute Gasteiger partial charge is 0.459 e. The molecule has 1 N–H and O–H groups in total. The van der Waals surface area contributed by atoms with Crippen molar-refractivity contribution in [2.75, 3.05) is 13.7 Å². The van der Waals surface area contributed by atoms with Gasteiger partial charge in [-0.15, -0.1) is 0 Å². The van der Waals surface area contributed by atoms with Gasteiger partial charge in [0.25, 0.3) is 0 Å². The third-order valence-corrected chi connectivity index (χ3v) is 6.75. The van der Waals surface area contributed by atoms with Crippen LogP contribution < -0.4 is 5.32 Å². The lowest BCUT2D eigenvalue weighted by atomic mass is 9.88. The van der Waals surface area contributed by atoms with E-state index in [0.717, 1.165) is 25.7 Å². The summed E-state index contributed by atoms with van der Waals surface area (Å²) in [4.78, 5) is 23.3. The second-order valence-corrected chi connectivity index (χ2v) is 9.94. The van der Waals surface area contributed by atoms with Gasteiger partial charge in [0.15, 0.2) is 0 Å². The molecule has 7 nitrogen and oxygen atoms in total. The van der Waals surface area contributed by atoms with Gasteiger partial charge in [-0.1, -0.05) is 30.7 Å². The highest BCUT2D eigenvalue weighted by molar-refractivity contribution is 5.87. The summed E-state index contributed by atoms with van der Waals surface area (Å²) >= 11 is 0. The summed E-state index contributed by atoms with van der Waals surface area (Å²) in [6.07, 6.45) is 12.5. The summed E-state index contributed by atoms with van der Waals surface area (Å²) < 4.78 is 22.8. The van der Waals surface area contributed by atoms with Crippen molar-refractivity contribution in [2.45, 2.75) is 103 Å². The Morgan fingerprint density at radius 2 is 1.97 bits per heavy atom. The maximum absolute atomic E-state index is 12.3. The number of allylic oxidation sites excluding steroid dienone is 2. The Morgan fingerprint density at radius 3 is 2.65 bits per heavy atom. The lowest BCUT2D eigenvalue weighted by Gasteiger charge is -2.39. The average Bonchev–Trinajstić information content (AvgIpc) is 2.77. The number of carbonyl (C=O) groups is 2. The Bertz CT molecular complexity index is 775. The van der Waals surface area contributed by atoms with E-state index >= 15 is 0 Å². The van der Waals surface area contributed by atoms with Gasteiger partial charge in [0.1, 0.15) is 6.10 Å². The zero-order valence-electron chi connectivity index (χ0n) is 21.8. The molecule has 5 unspecified atom stereocenters. The Kier molecular flexibility index (Phi) is 11.0. The highest BCUT2D eigenvalue weighted by Gasteiger charge is 2.34. The molecular weight excluding hydrogens is 434 g/mol. The third kappa shape index (κ3) is 9.35. The molecule has 0 bridgehead atoms. The molecule has 2 aliphatic heterocycles. The number of amides is 1. The van der Waals surface area contributed by atoms with Crippen LogP contribution in [0.3, 0.4) is 0 Å². The van der Waals surface area contributed by atoms with Crippen LogP contribution in [0.25, 0.3) is 0 Å². The van der Waals surface area contributed by atoms with E-state index in [1.807, 2.05) is 6.92 Å². The first kappa shape index (κ1) is 28.3. The second-order valence-electron chi connectivity index (χ2n) is 9.94. The monoisotopic (exact) mass is 477 g/mol. The van der Waals surface area contributed by atoms with Crippen LogP contribution in [0.2, 0.25) is 0 Å². The van der Waals surface area contributed by atoms with Crippen molar-refractivity contribution in [3.63, 3.8) is 0 Å². The van der Waals surface area contributed by atoms with Crippen molar-refractivity contribution < 1.29 is 28.5 Å². The quantitative estimate of drug-likeness (QED) is 0.303. The summed E-state index contributed by atoms with van der Waals surface area (Å²) in [6.45, 7) is 12.2. The molecule has 0 aromatic carbocycles. The third-order valence-electron chi connectivity index (χ3n) is 6.75. The second kappa shape index (κ2) is 13.2.